The number of rotatable bonds is 3. The fourth-order valence-electron chi connectivity index (χ4n) is 1.14. The standard InChI is InChI=1S/C7H14O3.C2H6/c1-8-4-7-3-6(9-2)5-10-7;1-2/h6-7H,3-5H2,1-2H3;1-2H3. The Balaban J connectivity index is 0.000000561. The molecule has 1 rings (SSSR count). The number of hydrogen-bond donors (Lipinski definition) is 0. The second kappa shape index (κ2) is 7.53. The summed E-state index contributed by atoms with van der Waals surface area (Å²) in [6, 6.07) is 0. The molecule has 1 heterocycles. The van der Waals surface area contributed by atoms with Crippen LogP contribution < -0.4 is 0 Å². The Kier molecular flexibility index (Phi) is 7.45. The molecular formula is C9H20O3. The first-order valence-corrected chi connectivity index (χ1v) is 4.50. The van der Waals surface area contributed by atoms with Crippen LogP contribution in [0.4, 0.5) is 0 Å². The minimum atomic E-state index is 0.245. The Hall–Kier alpha value is -0.120. The van der Waals surface area contributed by atoms with Gasteiger partial charge in [0.25, 0.3) is 0 Å². The number of methoxy groups -OCH3 is 2. The summed E-state index contributed by atoms with van der Waals surface area (Å²) in [5.41, 5.74) is 0. The SMILES string of the molecule is CC.COCC1CC(OC)CO1. The third kappa shape index (κ3) is 4.04. The zero-order chi connectivity index (χ0) is 9.40. The van der Waals surface area contributed by atoms with E-state index in [0.29, 0.717) is 13.2 Å². The topological polar surface area (TPSA) is 27.7 Å². The first-order chi connectivity index (χ1) is 5.86. The third-order valence-electron chi connectivity index (χ3n) is 1.73. The van der Waals surface area contributed by atoms with Gasteiger partial charge < -0.3 is 14.2 Å². The van der Waals surface area contributed by atoms with E-state index in [4.69, 9.17) is 14.2 Å². The highest BCUT2D eigenvalue weighted by Crippen LogP contribution is 2.15. The van der Waals surface area contributed by atoms with E-state index in [1.54, 1.807) is 14.2 Å². The van der Waals surface area contributed by atoms with Crippen molar-refractivity contribution in [3.05, 3.63) is 0 Å². The highest BCUT2D eigenvalue weighted by Gasteiger charge is 2.24. The Morgan fingerprint density at radius 2 is 2.00 bits per heavy atom. The van der Waals surface area contributed by atoms with Gasteiger partial charge in [-0.3, -0.25) is 0 Å². The van der Waals surface area contributed by atoms with Gasteiger partial charge >= 0.3 is 0 Å². The molecule has 2 atom stereocenters. The largest absolute Gasteiger partial charge is 0.382 e. The summed E-state index contributed by atoms with van der Waals surface area (Å²) in [6.45, 7) is 5.39. The predicted octanol–water partition coefficient (Wildman–Crippen LogP) is 1.46. The molecule has 0 N–H and O–H groups in total. The van der Waals surface area contributed by atoms with Gasteiger partial charge in [0.15, 0.2) is 0 Å². The van der Waals surface area contributed by atoms with Crippen LogP contribution in [0, 0.1) is 0 Å². The second-order valence-corrected chi connectivity index (χ2v) is 2.50. The van der Waals surface area contributed by atoms with E-state index < -0.39 is 0 Å². The normalized spacial score (nSPS) is 28.0. The van der Waals surface area contributed by atoms with E-state index in [1.807, 2.05) is 13.8 Å². The quantitative estimate of drug-likeness (QED) is 0.651. The van der Waals surface area contributed by atoms with Crippen molar-refractivity contribution >= 4 is 0 Å². The van der Waals surface area contributed by atoms with Gasteiger partial charge in [0.05, 0.1) is 25.4 Å². The monoisotopic (exact) mass is 176 g/mol. The van der Waals surface area contributed by atoms with Crippen molar-refractivity contribution in [3.8, 4) is 0 Å². The van der Waals surface area contributed by atoms with Crippen LogP contribution >= 0.6 is 0 Å². The second-order valence-electron chi connectivity index (χ2n) is 2.50. The molecular weight excluding hydrogens is 156 g/mol. The molecule has 1 saturated heterocycles. The van der Waals surface area contributed by atoms with Crippen LogP contribution in [0.5, 0.6) is 0 Å². The molecule has 0 aliphatic carbocycles. The van der Waals surface area contributed by atoms with Gasteiger partial charge in [-0.2, -0.15) is 0 Å². The van der Waals surface area contributed by atoms with Crippen LogP contribution in [-0.4, -0.2) is 39.6 Å². The zero-order valence-corrected chi connectivity index (χ0v) is 8.50. The van der Waals surface area contributed by atoms with Crippen LogP contribution in [0.2, 0.25) is 0 Å². The van der Waals surface area contributed by atoms with Crippen LogP contribution in [0.3, 0.4) is 0 Å². The molecule has 3 nitrogen and oxygen atoms in total. The molecule has 74 valence electrons. The summed E-state index contributed by atoms with van der Waals surface area (Å²) in [4.78, 5) is 0. The molecule has 3 heteroatoms. The molecule has 0 spiro atoms. The summed E-state index contributed by atoms with van der Waals surface area (Å²) >= 11 is 0. The van der Waals surface area contributed by atoms with Crippen molar-refractivity contribution < 1.29 is 14.2 Å². The molecule has 0 radical (unpaired) electrons. The van der Waals surface area contributed by atoms with Crippen LogP contribution in [0.1, 0.15) is 20.3 Å². The number of ether oxygens (including phenoxy) is 3. The van der Waals surface area contributed by atoms with Crippen LogP contribution in [-0.2, 0) is 14.2 Å². The lowest BCUT2D eigenvalue weighted by Crippen LogP contribution is -2.13. The van der Waals surface area contributed by atoms with Crippen molar-refractivity contribution in [1.29, 1.82) is 0 Å². The highest BCUT2D eigenvalue weighted by atomic mass is 16.6. The molecule has 1 aliphatic heterocycles. The Morgan fingerprint density at radius 3 is 2.42 bits per heavy atom. The van der Waals surface area contributed by atoms with E-state index in [1.165, 1.54) is 0 Å². The van der Waals surface area contributed by atoms with E-state index in [-0.39, 0.29) is 12.2 Å². The van der Waals surface area contributed by atoms with E-state index in [2.05, 4.69) is 0 Å². The summed E-state index contributed by atoms with van der Waals surface area (Å²) in [6.07, 6.45) is 1.49. The van der Waals surface area contributed by atoms with E-state index >= 15 is 0 Å². The molecule has 0 aromatic heterocycles. The van der Waals surface area contributed by atoms with Crippen molar-refractivity contribution in [2.45, 2.75) is 32.5 Å². The summed E-state index contributed by atoms with van der Waals surface area (Å²) < 4.78 is 15.4. The molecule has 12 heavy (non-hydrogen) atoms. The lowest BCUT2D eigenvalue weighted by atomic mass is 10.2. The van der Waals surface area contributed by atoms with Crippen molar-refractivity contribution in [1.82, 2.24) is 0 Å². The average molecular weight is 176 g/mol. The Morgan fingerprint density at radius 1 is 1.33 bits per heavy atom. The van der Waals surface area contributed by atoms with Gasteiger partial charge in [0.2, 0.25) is 0 Å². The van der Waals surface area contributed by atoms with Gasteiger partial charge in [-0.25, -0.2) is 0 Å². The summed E-state index contributed by atoms with van der Waals surface area (Å²) in [5.74, 6) is 0. The lowest BCUT2D eigenvalue weighted by molar-refractivity contribution is 0.0299. The van der Waals surface area contributed by atoms with Crippen molar-refractivity contribution in [2.75, 3.05) is 27.4 Å². The van der Waals surface area contributed by atoms with Gasteiger partial charge in [-0.1, -0.05) is 13.8 Å². The molecule has 0 amide bonds. The van der Waals surface area contributed by atoms with Crippen LogP contribution in [0.25, 0.3) is 0 Å². The molecule has 1 fully saturated rings. The zero-order valence-electron chi connectivity index (χ0n) is 8.50. The lowest BCUT2D eigenvalue weighted by Gasteiger charge is -2.06. The maximum atomic E-state index is 5.35. The summed E-state index contributed by atoms with van der Waals surface area (Å²) in [5, 5.41) is 0. The predicted molar refractivity (Wildman–Crippen MR) is 48.4 cm³/mol. The smallest absolute Gasteiger partial charge is 0.0835 e. The third-order valence-corrected chi connectivity index (χ3v) is 1.73. The first-order valence-electron chi connectivity index (χ1n) is 4.50. The van der Waals surface area contributed by atoms with E-state index in [9.17, 15) is 0 Å². The average Bonchev–Trinajstić information content (AvgIpc) is 2.57. The molecule has 1 aliphatic rings. The fraction of sp³-hybridized carbons (Fsp3) is 1.00. The molecule has 0 saturated carbocycles. The molecule has 0 aromatic rings. The van der Waals surface area contributed by atoms with Gasteiger partial charge in [-0.15, -0.1) is 0 Å². The number of hydrogen-bond acceptors (Lipinski definition) is 3. The molecule has 2 unspecified atom stereocenters. The summed E-state index contributed by atoms with van der Waals surface area (Å²) in [7, 11) is 3.40. The van der Waals surface area contributed by atoms with Gasteiger partial charge in [0.1, 0.15) is 0 Å². The van der Waals surface area contributed by atoms with Crippen molar-refractivity contribution in [2.24, 2.45) is 0 Å². The van der Waals surface area contributed by atoms with Gasteiger partial charge in [0, 0.05) is 20.6 Å². The van der Waals surface area contributed by atoms with Gasteiger partial charge in [-0.05, 0) is 0 Å². The fourth-order valence-corrected chi connectivity index (χ4v) is 1.14. The maximum Gasteiger partial charge on any atom is 0.0835 e. The Bertz CT molecular complexity index is 95.8. The highest BCUT2D eigenvalue weighted by molar-refractivity contribution is 4.72. The minimum Gasteiger partial charge on any atom is -0.382 e. The Labute approximate surface area is 75.0 Å². The van der Waals surface area contributed by atoms with Crippen molar-refractivity contribution in [3.63, 3.8) is 0 Å². The molecule has 0 aromatic carbocycles. The van der Waals surface area contributed by atoms with E-state index in [0.717, 1.165) is 6.42 Å². The maximum absolute atomic E-state index is 5.35. The molecule has 0 bridgehead atoms. The van der Waals surface area contributed by atoms with Crippen LogP contribution in [0.15, 0.2) is 0 Å². The minimum absolute atomic E-state index is 0.245. The first kappa shape index (κ1) is 11.9.